The molecule has 4 N–H and O–H groups in total. The minimum absolute atomic E-state index is 0.370. The first-order chi connectivity index (χ1) is 12.1. The van der Waals surface area contributed by atoms with Crippen molar-refractivity contribution in [1.29, 1.82) is 0 Å². The molecule has 0 aliphatic carbocycles. The molecule has 0 spiro atoms. The summed E-state index contributed by atoms with van der Waals surface area (Å²) < 4.78 is 0. The first-order valence-corrected chi connectivity index (χ1v) is 8.10. The number of benzene rings is 2. The van der Waals surface area contributed by atoms with Gasteiger partial charge < -0.3 is 20.8 Å². The third-order valence-electron chi connectivity index (χ3n) is 4.02. The molecule has 3 aromatic rings. The molecule has 2 heterocycles. The SMILES string of the molecule is O[C@@H]1c2cccc(c2)Nc2nc(ncc2Cl)Nc2cccc(c2)[C@@H]1O. The van der Waals surface area contributed by atoms with Crippen molar-refractivity contribution in [3.8, 4) is 0 Å². The van der Waals surface area contributed by atoms with Gasteiger partial charge in [-0.1, -0.05) is 35.9 Å². The van der Waals surface area contributed by atoms with Crippen molar-refractivity contribution in [1.82, 2.24) is 9.97 Å². The minimum atomic E-state index is -1.07. The lowest BCUT2D eigenvalue weighted by Gasteiger charge is -2.19. The third-order valence-corrected chi connectivity index (χ3v) is 4.29. The number of aliphatic hydroxyl groups is 2. The van der Waals surface area contributed by atoms with Gasteiger partial charge in [0.1, 0.15) is 17.2 Å². The second-order valence-electron chi connectivity index (χ2n) is 5.78. The molecule has 2 aromatic carbocycles. The molecule has 2 atom stereocenters. The second kappa shape index (κ2) is 6.33. The number of fused-ring (bicyclic) bond motifs is 6. The van der Waals surface area contributed by atoms with Crippen LogP contribution in [-0.2, 0) is 0 Å². The van der Waals surface area contributed by atoms with Gasteiger partial charge in [0.05, 0.1) is 6.20 Å². The average Bonchev–Trinajstić information content (AvgIpc) is 2.63. The fourth-order valence-corrected chi connectivity index (χ4v) is 2.88. The van der Waals surface area contributed by atoms with E-state index < -0.39 is 12.2 Å². The van der Waals surface area contributed by atoms with Gasteiger partial charge in [-0.3, -0.25) is 0 Å². The van der Waals surface area contributed by atoms with Gasteiger partial charge >= 0.3 is 0 Å². The molecule has 0 amide bonds. The molecule has 0 saturated carbocycles. The van der Waals surface area contributed by atoms with E-state index in [0.29, 0.717) is 39.3 Å². The summed E-state index contributed by atoms with van der Waals surface area (Å²) in [6.07, 6.45) is -0.621. The van der Waals surface area contributed by atoms with Crippen molar-refractivity contribution in [2.45, 2.75) is 12.2 Å². The van der Waals surface area contributed by atoms with Gasteiger partial charge in [0, 0.05) is 11.4 Å². The van der Waals surface area contributed by atoms with E-state index in [0.717, 1.165) is 0 Å². The highest BCUT2D eigenvalue weighted by atomic mass is 35.5. The summed E-state index contributed by atoms with van der Waals surface area (Å²) >= 11 is 6.18. The predicted octanol–water partition coefficient (Wildman–Crippen LogP) is 3.70. The maximum atomic E-state index is 10.6. The van der Waals surface area contributed by atoms with Crippen molar-refractivity contribution in [2.24, 2.45) is 0 Å². The van der Waals surface area contributed by atoms with E-state index in [1.165, 1.54) is 6.20 Å². The van der Waals surface area contributed by atoms with Crippen LogP contribution < -0.4 is 10.6 Å². The van der Waals surface area contributed by atoms with Crippen LogP contribution in [0.3, 0.4) is 0 Å². The van der Waals surface area contributed by atoms with E-state index in [2.05, 4.69) is 20.6 Å². The fraction of sp³-hybridized carbons (Fsp3) is 0.111. The Balaban J connectivity index is 1.89. The standard InChI is InChI=1S/C18H15ClN4O2/c19-14-9-20-18-22-13-6-2-4-11(8-13)16(25)15(24)10-3-1-5-12(7-10)21-17(14)23-18/h1-9,15-16,24-25H,(H2,20,21,22,23)/t15-,16+/m1/s1. The molecule has 25 heavy (non-hydrogen) atoms. The number of aromatic nitrogens is 2. The van der Waals surface area contributed by atoms with Crippen LogP contribution in [0.1, 0.15) is 23.3 Å². The van der Waals surface area contributed by atoms with Gasteiger partial charge in [0.25, 0.3) is 0 Å². The molecule has 7 heteroatoms. The van der Waals surface area contributed by atoms with Gasteiger partial charge in [-0.15, -0.1) is 0 Å². The molecule has 0 radical (unpaired) electrons. The summed E-state index contributed by atoms with van der Waals surface area (Å²) in [5, 5.41) is 27.7. The van der Waals surface area contributed by atoms with E-state index >= 15 is 0 Å². The summed E-state index contributed by atoms with van der Waals surface area (Å²) in [6, 6.07) is 14.3. The van der Waals surface area contributed by atoms with Crippen molar-refractivity contribution in [3.63, 3.8) is 0 Å². The van der Waals surface area contributed by atoms with E-state index in [1.807, 2.05) is 12.1 Å². The Labute approximate surface area is 149 Å². The lowest BCUT2D eigenvalue weighted by atomic mass is 9.97. The number of anilines is 4. The first-order valence-electron chi connectivity index (χ1n) is 7.73. The van der Waals surface area contributed by atoms with Crippen molar-refractivity contribution in [3.05, 3.63) is 70.9 Å². The fourth-order valence-electron chi connectivity index (χ4n) is 2.75. The lowest BCUT2D eigenvalue weighted by Crippen LogP contribution is -2.10. The van der Waals surface area contributed by atoms with Gasteiger partial charge in [-0.25, -0.2) is 4.98 Å². The summed E-state index contributed by atoms with van der Waals surface area (Å²) in [6.45, 7) is 0. The number of rotatable bonds is 0. The molecule has 1 aromatic heterocycles. The first kappa shape index (κ1) is 15.8. The molecule has 4 rings (SSSR count). The van der Waals surface area contributed by atoms with Gasteiger partial charge in [-0.2, -0.15) is 4.98 Å². The highest BCUT2D eigenvalue weighted by molar-refractivity contribution is 6.32. The molecule has 0 saturated heterocycles. The Hall–Kier alpha value is -2.67. The summed E-state index contributed by atoms with van der Waals surface area (Å²) in [4.78, 5) is 8.56. The largest absolute Gasteiger partial charge is 0.385 e. The number of nitrogens with zero attached hydrogens (tertiary/aromatic N) is 2. The van der Waals surface area contributed by atoms with E-state index in [1.54, 1.807) is 36.4 Å². The molecular weight excluding hydrogens is 340 g/mol. The number of hydrogen-bond acceptors (Lipinski definition) is 6. The Morgan fingerprint density at radius 1 is 0.880 bits per heavy atom. The number of hydrogen-bond donors (Lipinski definition) is 4. The zero-order valence-electron chi connectivity index (χ0n) is 13.0. The third kappa shape index (κ3) is 3.15. The average molecular weight is 355 g/mol. The highest BCUT2D eigenvalue weighted by Crippen LogP contribution is 2.33. The van der Waals surface area contributed by atoms with E-state index in [9.17, 15) is 10.2 Å². The van der Waals surface area contributed by atoms with Gasteiger partial charge in [0.15, 0.2) is 5.82 Å². The molecule has 6 nitrogen and oxygen atoms in total. The lowest BCUT2D eigenvalue weighted by molar-refractivity contribution is 0.0173. The number of aliphatic hydroxyl groups excluding tert-OH is 2. The molecule has 6 bridgehead atoms. The Morgan fingerprint density at radius 3 is 2.12 bits per heavy atom. The van der Waals surface area contributed by atoms with Crippen molar-refractivity contribution < 1.29 is 10.2 Å². The van der Waals surface area contributed by atoms with Crippen LogP contribution in [0, 0.1) is 0 Å². The molecule has 0 unspecified atom stereocenters. The molecule has 1 aliphatic heterocycles. The van der Waals surface area contributed by atoms with E-state index in [-0.39, 0.29) is 0 Å². The molecular formula is C18H15ClN4O2. The minimum Gasteiger partial charge on any atom is -0.385 e. The molecule has 0 fully saturated rings. The second-order valence-corrected chi connectivity index (χ2v) is 6.19. The monoisotopic (exact) mass is 354 g/mol. The van der Waals surface area contributed by atoms with Gasteiger partial charge in [-0.05, 0) is 35.4 Å². The van der Waals surface area contributed by atoms with Crippen LogP contribution >= 0.6 is 11.6 Å². The van der Waals surface area contributed by atoms with Crippen LogP contribution in [0.4, 0.5) is 23.1 Å². The van der Waals surface area contributed by atoms with Crippen molar-refractivity contribution in [2.75, 3.05) is 10.6 Å². The summed E-state index contributed by atoms with van der Waals surface area (Å²) in [5.41, 5.74) is 2.56. The van der Waals surface area contributed by atoms with Crippen LogP contribution in [0.15, 0.2) is 54.7 Å². The Bertz CT molecular complexity index is 934. The van der Waals surface area contributed by atoms with Gasteiger partial charge in [0.2, 0.25) is 5.95 Å². The topological polar surface area (TPSA) is 90.3 Å². The van der Waals surface area contributed by atoms with Crippen LogP contribution in [-0.4, -0.2) is 20.2 Å². The molecule has 1 aliphatic rings. The maximum Gasteiger partial charge on any atom is 0.229 e. The number of halogens is 1. The zero-order chi connectivity index (χ0) is 17.4. The summed E-state index contributed by atoms with van der Waals surface area (Å²) in [7, 11) is 0. The maximum absolute atomic E-state index is 10.6. The van der Waals surface area contributed by atoms with Crippen LogP contribution in [0.5, 0.6) is 0 Å². The Kier molecular flexibility index (Phi) is 4.01. The molecule has 126 valence electrons. The predicted molar refractivity (Wildman–Crippen MR) is 96.4 cm³/mol. The van der Waals surface area contributed by atoms with Crippen molar-refractivity contribution >= 4 is 34.7 Å². The van der Waals surface area contributed by atoms with E-state index in [4.69, 9.17) is 11.6 Å². The highest BCUT2D eigenvalue weighted by Gasteiger charge is 2.21. The Morgan fingerprint density at radius 2 is 1.48 bits per heavy atom. The quantitative estimate of drug-likeness (QED) is 0.492. The number of nitrogens with one attached hydrogen (secondary N) is 2. The van der Waals surface area contributed by atoms with Crippen LogP contribution in [0.25, 0.3) is 0 Å². The smallest absolute Gasteiger partial charge is 0.229 e. The summed E-state index contributed by atoms with van der Waals surface area (Å²) in [5.74, 6) is 0.816. The van der Waals surface area contributed by atoms with Crippen LogP contribution in [0.2, 0.25) is 5.02 Å². The normalized spacial score (nSPS) is 18.8. The zero-order valence-corrected chi connectivity index (χ0v) is 13.8.